The summed E-state index contributed by atoms with van der Waals surface area (Å²) in [5.74, 6) is 1.04. The second-order valence-corrected chi connectivity index (χ2v) is 5.00. The molecule has 0 amide bonds. The van der Waals surface area contributed by atoms with E-state index in [2.05, 4.69) is 28.9 Å². The highest BCUT2D eigenvalue weighted by molar-refractivity contribution is 5.86. The van der Waals surface area contributed by atoms with Gasteiger partial charge in [0.1, 0.15) is 0 Å². The molecule has 2 rings (SSSR count). The van der Waals surface area contributed by atoms with Crippen molar-refractivity contribution in [2.24, 2.45) is 11.8 Å². The summed E-state index contributed by atoms with van der Waals surface area (Å²) in [5.41, 5.74) is 0.291. The Morgan fingerprint density at radius 3 is 2.82 bits per heavy atom. The van der Waals surface area contributed by atoms with E-state index < -0.39 is 5.97 Å². The molecule has 1 aliphatic carbocycles. The molecule has 1 fully saturated rings. The van der Waals surface area contributed by atoms with Crippen molar-refractivity contribution in [1.82, 2.24) is 15.0 Å². The summed E-state index contributed by atoms with van der Waals surface area (Å²) in [4.78, 5) is 11.3. The van der Waals surface area contributed by atoms with Crippen LogP contribution in [0, 0.1) is 11.8 Å². The van der Waals surface area contributed by atoms with Crippen LogP contribution in [0.3, 0.4) is 0 Å². The van der Waals surface area contributed by atoms with Gasteiger partial charge < -0.3 is 4.74 Å². The number of carbonyl (C=O) groups excluding carboxylic acids is 1. The summed E-state index contributed by atoms with van der Waals surface area (Å²) in [5, 5.41) is 7.88. The molecule has 94 valence electrons. The standard InChI is InChI=1S/C12H19N3O2/c1-8-4-5-10(6-9(8)2)15-7-11(13-14-15)12(16)17-3/h7-10H,4-6H2,1-3H3. The minimum absolute atomic E-state index is 0.291. The zero-order chi connectivity index (χ0) is 12.4. The number of ether oxygens (including phenoxy) is 1. The second-order valence-electron chi connectivity index (χ2n) is 5.00. The molecule has 5 heteroatoms. The Labute approximate surface area is 101 Å². The van der Waals surface area contributed by atoms with Crippen LogP contribution >= 0.6 is 0 Å². The quantitative estimate of drug-likeness (QED) is 0.739. The maximum absolute atomic E-state index is 11.3. The topological polar surface area (TPSA) is 57.0 Å². The van der Waals surface area contributed by atoms with Gasteiger partial charge in [0, 0.05) is 0 Å². The molecule has 1 heterocycles. The highest BCUT2D eigenvalue weighted by atomic mass is 16.5. The van der Waals surface area contributed by atoms with Gasteiger partial charge in [0.25, 0.3) is 0 Å². The molecule has 1 aromatic rings. The molecule has 1 aromatic heterocycles. The Bertz CT molecular complexity index is 402. The lowest BCUT2D eigenvalue weighted by atomic mass is 9.79. The second kappa shape index (κ2) is 4.85. The molecular weight excluding hydrogens is 218 g/mol. The highest BCUT2D eigenvalue weighted by Gasteiger charge is 2.26. The molecule has 3 unspecified atom stereocenters. The van der Waals surface area contributed by atoms with Crippen LogP contribution in [0.25, 0.3) is 0 Å². The summed E-state index contributed by atoms with van der Waals surface area (Å²) in [7, 11) is 1.35. The fraction of sp³-hybridized carbons (Fsp3) is 0.750. The SMILES string of the molecule is COC(=O)c1cn(C2CCC(C)C(C)C2)nn1. The number of nitrogens with zero attached hydrogens (tertiary/aromatic N) is 3. The zero-order valence-corrected chi connectivity index (χ0v) is 10.6. The van der Waals surface area contributed by atoms with Crippen molar-refractivity contribution in [3.05, 3.63) is 11.9 Å². The molecule has 0 N–H and O–H groups in total. The van der Waals surface area contributed by atoms with Crippen molar-refractivity contribution in [2.45, 2.75) is 39.2 Å². The highest BCUT2D eigenvalue weighted by Crippen LogP contribution is 2.35. The van der Waals surface area contributed by atoms with Gasteiger partial charge in [-0.05, 0) is 31.1 Å². The smallest absolute Gasteiger partial charge is 0.360 e. The predicted octanol–water partition coefficient (Wildman–Crippen LogP) is 2.06. The van der Waals surface area contributed by atoms with Crippen LogP contribution in [0.2, 0.25) is 0 Å². The van der Waals surface area contributed by atoms with Crippen LogP contribution in [-0.4, -0.2) is 28.1 Å². The molecule has 0 aliphatic heterocycles. The van der Waals surface area contributed by atoms with Gasteiger partial charge in [-0.3, -0.25) is 0 Å². The summed E-state index contributed by atoms with van der Waals surface area (Å²) in [6, 6.07) is 0.368. The first kappa shape index (κ1) is 12.1. The third-order valence-corrected chi connectivity index (χ3v) is 3.85. The fourth-order valence-electron chi connectivity index (χ4n) is 2.41. The molecule has 17 heavy (non-hydrogen) atoms. The normalized spacial score (nSPS) is 29.0. The van der Waals surface area contributed by atoms with Gasteiger partial charge in [-0.25, -0.2) is 9.48 Å². The van der Waals surface area contributed by atoms with E-state index in [1.165, 1.54) is 13.5 Å². The van der Waals surface area contributed by atoms with Crippen LogP contribution in [0.4, 0.5) is 0 Å². The summed E-state index contributed by atoms with van der Waals surface area (Å²) in [6.07, 6.45) is 5.11. The van der Waals surface area contributed by atoms with Crippen molar-refractivity contribution >= 4 is 5.97 Å². The summed E-state index contributed by atoms with van der Waals surface area (Å²) < 4.78 is 6.43. The molecular formula is C12H19N3O2. The van der Waals surface area contributed by atoms with Gasteiger partial charge in [-0.2, -0.15) is 0 Å². The first-order valence-corrected chi connectivity index (χ1v) is 6.12. The number of methoxy groups -OCH3 is 1. The van der Waals surface area contributed by atoms with E-state index in [0.717, 1.165) is 18.8 Å². The third kappa shape index (κ3) is 2.48. The Morgan fingerprint density at radius 1 is 1.41 bits per heavy atom. The van der Waals surface area contributed by atoms with Gasteiger partial charge in [-0.15, -0.1) is 5.10 Å². The van der Waals surface area contributed by atoms with Crippen molar-refractivity contribution < 1.29 is 9.53 Å². The molecule has 0 bridgehead atoms. The Hall–Kier alpha value is -1.39. The van der Waals surface area contributed by atoms with Crippen LogP contribution in [0.15, 0.2) is 6.20 Å². The molecule has 0 aromatic carbocycles. The van der Waals surface area contributed by atoms with E-state index in [-0.39, 0.29) is 0 Å². The monoisotopic (exact) mass is 237 g/mol. The van der Waals surface area contributed by atoms with Crippen molar-refractivity contribution in [3.8, 4) is 0 Å². The van der Waals surface area contributed by atoms with Crippen LogP contribution < -0.4 is 0 Å². The van der Waals surface area contributed by atoms with Gasteiger partial charge in [-0.1, -0.05) is 19.1 Å². The number of aromatic nitrogens is 3. The molecule has 5 nitrogen and oxygen atoms in total. The molecule has 1 aliphatic rings. The van der Waals surface area contributed by atoms with Crippen molar-refractivity contribution in [2.75, 3.05) is 7.11 Å². The fourth-order valence-corrected chi connectivity index (χ4v) is 2.41. The number of hydrogen-bond donors (Lipinski definition) is 0. The number of rotatable bonds is 2. The van der Waals surface area contributed by atoms with E-state index in [9.17, 15) is 4.79 Å². The van der Waals surface area contributed by atoms with E-state index >= 15 is 0 Å². The van der Waals surface area contributed by atoms with Crippen molar-refractivity contribution in [1.29, 1.82) is 0 Å². The van der Waals surface area contributed by atoms with Crippen molar-refractivity contribution in [3.63, 3.8) is 0 Å². The van der Waals surface area contributed by atoms with Gasteiger partial charge in [0.15, 0.2) is 5.69 Å². The summed E-state index contributed by atoms with van der Waals surface area (Å²) >= 11 is 0. The van der Waals surface area contributed by atoms with Crippen LogP contribution in [-0.2, 0) is 4.74 Å². The first-order valence-electron chi connectivity index (χ1n) is 6.12. The van der Waals surface area contributed by atoms with Crippen LogP contribution in [0.5, 0.6) is 0 Å². The van der Waals surface area contributed by atoms with E-state index in [4.69, 9.17) is 0 Å². The molecule has 0 spiro atoms. The summed E-state index contributed by atoms with van der Waals surface area (Å²) in [6.45, 7) is 4.57. The maximum atomic E-state index is 11.3. The van der Waals surface area contributed by atoms with E-state index in [1.807, 2.05) is 4.68 Å². The lowest BCUT2D eigenvalue weighted by Gasteiger charge is -2.31. The lowest BCUT2D eigenvalue weighted by molar-refractivity contribution is 0.0594. The van der Waals surface area contributed by atoms with Gasteiger partial charge >= 0.3 is 5.97 Å². The Morgan fingerprint density at radius 2 is 2.18 bits per heavy atom. The molecule has 1 saturated carbocycles. The Balaban J connectivity index is 2.08. The van der Waals surface area contributed by atoms with Crippen LogP contribution in [0.1, 0.15) is 49.6 Å². The lowest BCUT2D eigenvalue weighted by Crippen LogP contribution is -2.23. The largest absolute Gasteiger partial charge is 0.464 e. The maximum Gasteiger partial charge on any atom is 0.360 e. The minimum atomic E-state index is -0.423. The first-order chi connectivity index (χ1) is 8.11. The molecule has 0 saturated heterocycles. The molecule has 0 radical (unpaired) electrons. The minimum Gasteiger partial charge on any atom is -0.464 e. The zero-order valence-electron chi connectivity index (χ0n) is 10.6. The average Bonchev–Trinajstić information content (AvgIpc) is 2.81. The van der Waals surface area contributed by atoms with E-state index in [0.29, 0.717) is 17.7 Å². The predicted molar refractivity (Wildman–Crippen MR) is 62.6 cm³/mol. The third-order valence-electron chi connectivity index (χ3n) is 3.85. The molecule has 3 atom stereocenters. The van der Waals surface area contributed by atoms with Gasteiger partial charge in [0.05, 0.1) is 19.3 Å². The average molecular weight is 237 g/mol. The van der Waals surface area contributed by atoms with E-state index in [1.54, 1.807) is 6.20 Å². The number of carbonyl (C=O) groups is 1. The van der Waals surface area contributed by atoms with Gasteiger partial charge in [0.2, 0.25) is 0 Å². The number of esters is 1. The number of hydrogen-bond acceptors (Lipinski definition) is 4. The Kier molecular flexibility index (Phi) is 3.45.